The topological polar surface area (TPSA) is 76.8 Å². The molecule has 1 aliphatic rings. The molecule has 1 aromatic heterocycles. The molecular formula is C20H23NO5S. The van der Waals surface area contributed by atoms with Gasteiger partial charge < -0.3 is 9.15 Å². The number of piperidine rings is 1. The molecule has 0 radical (unpaired) electrons. The molecule has 0 unspecified atom stereocenters. The average Bonchev–Trinajstić information content (AvgIpc) is 2.61. The molecular weight excluding hydrogens is 366 g/mol. The van der Waals surface area contributed by atoms with Gasteiger partial charge in [0.2, 0.25) is 10.0 Å². The smallest absolute Gasteiger partial charge is 0.339 e. The van der Waals surface area contributed by atoms with E-state index in [1.54, 1.807) is 19.1 Å². The van der Waals surface area contributed by atoms with E-state index in [1.807, 2.05) is 31.2 Å². The Morgan fingerprint density at radius 3 is 2.41 bits per heavy atom. The molecule has 1 fully saturated rings. The third kappa shape index (κ3) is 5.30. The van der Waals surface area contributed by atoms with Crippen LogP contribution < -0.4 is 10.4 Å². The molecule has 3 rings (SSSR count). The number of hydrogen-bond donors (Lipinski definition) is 0. The van der Waals surface area contributed by atoms with E-state index in [2.05, 4.69) is 0 Å². The maximum Gasteiger partial charge on any atom is 0.339 e. The summed E-state index contributed by atoms with van der Waals surface area (Å²) in [5.41, 5.74) is 1.52. The molecule has 2 aromatic rings. The minimum absolute atomic E-state index is 0.126. The number of nitrogens with zero attached hydrogens (tertiary/aromatic N) is 1. The molecule has 0 amide bonds. The van der Waals surface area contributed by atoms with E-state index >= 15 is 0 Å². The summed E-state index contributed by atoms with van der Waals surface area (Å²) in [5, 5.41) is 1.25. The Labute approximate surface area is 159 Å². The zero-order valence-electron chi connectivity index (χ0n) is 15.4. The van der Waals surface area contributed by atoms with Crippen LogP contribution in [0.25, 0.3) is 6.08 Å². The largest absolute Gasteiger partial charge is 0.490 e. The van der Waals surface area contributed by atoms with Crippen molar-refractivity contribution >= 4 is 16.1 Å². The third-order valence-corrected chi connectivity index (χ3v) is 6.01. The van der Waals surface area contributed by atoms with Crippen LogP contribution in [0.15, 0.2) is 51.0 Å². The van der Waals surface area contributed by atoms with Gasteiger partial charge in [-0.1, -0.05) is 29.8 Å². The molecule has 1 saturated heterocycles. The van der Waals surface area contributed by atoms with Crippen LogP contribution in [0.1, 0.15) is 29.7 Å². The zero-order valence-corrected chi connectivity index (χ0v) is 16.2. The monoisotopic (exact) mass is 389 g/mol. The highest BCUT2D eigenvalue weighted by Crippen LogP contribution is 2.21. The van der Waals surface area contributed by atoms with Crippen LogP contribution in [-0.2, 0) is 10.0 Å². The summed E-state index contributed by atoms with van der Waals surface area (Å²) in [4.78, 5) is 11.4. The van der Waals surface area contributed by atoms with Crippen molar-refractivity contribution in [3.05, 3.63) is 69.1 Å². The standard InChI is InChI=1S/C20H23NO5S/c1-15-3-5-17(6-4-15)9-12-27(23,24)21-10-7-18(8-11-21)26-19-13-16(2)25-20(22)14-19/h3-6,9,12-14,18H,7-8,10-11H2,1-2H3. The van der Waals surface area contributed by atoms with Gasteiger partial charge >= 0.3 is 5.63 Å². The van der Waals surface area contributed by atoms with E-state index in [9.17, 15) is 13.2 Å². The summed E-state index contributed by atoms with van der Waals surface area (Å²) >= 11 is 0. The molecule has 0 N–H and O–H groups in total. The first-order valence-corrected chi connectivity index (χ1v) is 10.4. The van der Waals surface area contributed by atoms with Gasteiger partial charge in [-0.3, -0.25) is 0 Å². The highest BCUT2D eigenvalue weighted by Gasteiger charge is 2.27. The third-order valence-electron chi connectivity index (χ3n) is 4.44. The molecule has 0 bridgehead atoms. The Morgan fingerprint density at radius 2 is 1.78 bits per heavy atom. The van der Waals surface area contributed by atoms with Gasteiger partial charge in [0.15, 0.2) is 0 Å². The van der Waals surface area contributed by atoms with Gasteiger partial charge in [0.1, 0.15) is 17.6 Å². The molecule has 2 heterocycles. The first-order valence-electron chi connectivity index (χ1n) is 8.85. The van der Waals surface area contributed by atoms with Crippen molar-refractivity contribution in [2.75, 3.05) is 13.1 Å². The second-order valence-corrected chi connectivity index (χ2v) is 8.52. The van der Waals surface area contributed by atoms with Crippen LogP contribution in [0.2, 0.25) is 0 Å². The number of hydrogen-bond acceptors (Lipinski definition) is 5. The van der Waals surface area contributed by atoms with Gasteiger partial charge in [0, 0.05) is 24.6 Å². The van der Waals surface area contributed by atoms with Crippen LogP contribution in [0.5, 0.6) is 5.75 Å². The van der Waals surface area contributed by atoms with Crippen LogP contribution in [0.3, 0.4) is 0 Å². The van der Waals surface area contributed by atoms with E-state index in [0.717, 1.165) is 11.1 Å². The van der Waals surface area contributed by atoms with Gasteiger partial charge in [-0.15, -0.1) is 0 Å². The lowest BCUT2D eigenvalue weighted by atomic mass is 10.1. The van der Waals surface area contributed by atoms with E-state index in [4.69, 9.17) is 9.15 Å². The van der Waals surface area contributed by atoms with E-state index in [0.29, 0.717) is 37.4 Å². The SMILES string of the molecule is Cc1ccc(C=CS(=O)(=O)N2CCC(Oc3cc(C)oc(=O)c3)CC2)cc1. The first-order chi connectivity index (χ1) is 12.8. The van der Waals surface area contributed by atoms with Gasteiger partial charge in [-0.25, -0.2) is 13.2 Å². The molecule has 1 aliphatic heterocycles. The molecule has 0 aliphatic carbocycles. The van der Waals surface area contributed by atoms with Gasteiger partial charge in [-0.2, -0.15) is 4.31 Å². The van der Waals surface area contributed by atoms with E-state index < -0.39 is 15.6 Å². The Hall–Kier alpha value is -2.38. The first kappa shape index (κ1) is 19.4. The van der Waals surface area contributed by atoms with Crippen molar-refractivity contribution in [2.24, 2.45) is 0 Å². The quantitative estimate of drug-likeness (QED) is 0.785. The fourth-order valence-electron chi connectivity index (χ4n) is 2.97. The van der Waals surface area contributed by atoms with Gasteiger partial charge in [-0.05, 0) is 38.3 Å². The number of benzene rings is 1. The maximum absolute atomic E-state index is 12.5. The lowest BCUT2D eigenvalue weighted by Crippen LogP contribution is -2.40. The average molecular weight is 389 g/mol. The Balaban J connectivity index is 1.59. The van der Waals surface area contributed by atoms with Gasteiger partial charge in [0.05, 0.1) is 6.07 Å². The van der Waals surface area contributed by atoms with Crippen molar-refractivity contribution in [2.45, 2.75) is 32.8 Å². The summed E-state index contributed by atoms with van der Waals surface area (Å²) in [7, 11) is -3.47. The summed E-state index contributed by atoms with van der Waals surface area (Å²) in [5.74, 6) is 0.947. The summed E-state index contributed by atoms with van der Waals surface area (Å²) in [6.07, 6.45) is 2.62. The number of ether oxygens (including phenoxy) is 1. The van der Waals surface area contributed by atoms with E-state index in [1.165, 1.54) is 15.8 Å². The zero-order chi connectivity index (χ0) is 19.4. The van der Waals surface area contributed by atoms with Crippen molar-refractivity contribution in [3.8, 4) is 5.75 Å². The Morgan fingerprint density at radius 1 is 1.11 bits per heavy atom. The number of sulfonamides is 1. The van der Waals surface area contributed by atoms with E-state index in [-0.39, 0.29) is 6.10 Å². The Bertz CT molecular complexity index is 968. The highest BCUT2D eigenvalue weighted by molar-refractivity contribution is 7.92. The predicted molar refractivity (Wildman–Crippen MR) is 104 cm³/mol. The molecule has 144 valence electrons. The fourth-order valence-corrected chi connectivity index (χ4v) is 4.19. The van der Waals surface area contributed by atoms with Crippen molar-refractivity contribution in [1.82, 2.24) is 4.31 Å². The summed E-state index contributed by atoms with van der Waals surface area (Å²) in [6, 6.07) is 10.6. The fraction of sp³-hybridized carbons (Fsp3) is 0.350. The lowest BCUT2D eigenvalue weighted by molar-refractivity contribution is 0.134. The molecule has 0 spiro atoms. The lowest BCUT2D eigenvalue weighted by Gasteiger charge is -2.30. The second-order valence-electron chi connectivity index (χ2n) is 6.70. The number of rotatable bonds is 5. The number of aryl methyl sites for hydroxylation is 2. The van der Waals surface area contributed by atoms with Crippen LogP contribution in [-0.4, -0.2) is 31.9 Å². The van der Waals surface area contributed by atoms with Crippen LogP contribution >= 0.6 is 0 Å². The molecule has 6 nitrogen and oxygen atoms in total. The Kier molecular flexibility index (Phi) is 5.82. The van der Waals surface area contributed by atoms with Crippen LogP contribution in [0, 0.1) is 13.8 Å². The van der Waals surface area contributed by atoms with Crippen molar-refractivity contribution < 1.29 is 17.6 Å². The molecule has 7 heteroatoms. The second kappa shape index (κ2) is 8.10. The predicted octanol–water partition coefficient (Wildman–Crippen LogP) is 3.10. The maximum atomic E-state index is 12.5. The molecule has 0 saturated carbocycles. The van der Waals surface area contributed by atoms with Crippen molar-refractivity contribution in [1.29, 1.82) is 0 Å². The molecule has 27 heavy (non-hydrogen) atoms. The highest BCUT2D eigenvalue weighted by atomic mass is 32.2. The summed E-state index contributed by atoms with van der Waals surface area (Å²) < 4.78 is 37.2. The minimum Gasteiger partial charge on any atom is -0.490 e. The minimum atomic E-state index is -3.47. The van der Waals surface area contributed by atoms with Gasteiger partial charge in [0.25, 0.3) is 0 Å². The van der Waals surface area contributed by atoms with Crippen molar-refractivity contribution in [3.63, 3.8) is 0 Å². The summed E-state index contributed by atoms with van der Waals surface area (Å²) in [6.45, 7) is 4.43. The normalized spacial score (nSPS) is 16.7. The van der Waals surface area contributed by atoms with Crippen LogP contribution in [0.4, 0.5) is 0 Å². The molecule has 0 atom stereocenters. The molecule has 1 aromatic carbocycles.